The van der Waals surface area contributed by atoms with Crippen LogP contribution in [0.25, 0.3) is 0 Å². The minimum absolute atomic E-state index is 0.0165. The number of ether oxygens (including phenoxy) is 1. The molecule has 0 aromatic carbocycles. The van der Waals surface area contributed by atoms with E-state index in [9.17, 15) is 19.8 Å². The number of carbonyl (C=O) groups is 2. The molecule has 0 saturated heterocycles. The molecule has 6 nitrogen and oxygen atoms in total. The molecular formula is C60H115NO5. The first-order valence-corrected chi connectivity index (χ1v) is 29.6. The summed E-state index contributed by atoms with van der Waals surface area (Å²) in [6, 6.07) is -0.556. The number of aliphatic hydroxyl groups excluding tert-OH is 2. The van der Waals surface area contributed by atoms with E-state index in [1.165, 1.54) is 225 Å². The van der Waals surface area contributed by atoms with Crippen molar-refractivity contribution in [2.75, 3.05) is 13.2 Å². The zero-order valence-electron chi connectivity index (χ0n) is 44.4. The maximum absolute atomic E-state index is 12.5. The molecule has 2 atom stereocenters. The van der Waals surface area contributed by atoms with Gasteiger partial charge in [0.15, 0.2) is 0 Å². The monoisotopic (exact) mass is 930 g/mol. The molecule has 0 radical (unpaired) electrons. The van der Waals surface area contributed by atoms with E-state index >= 15 is 0 Å². The molecule has 0 bridgehead atoms. The van der Waals surface area contributed by atoms with Gasteiger partial charge in [0.1, 0.15) is 0 Å². The Labute approximate surface area is 411 Å². The van der Waals surface area contributed by atoms with Crippen molar-refractivity contribution < 1.29 is 24.5 Å². The Morgan fingerprint density at radius 2 is 0.758 bits per heavy atom. The Kier molecular flexibility index (Phi) is 54.5. The number of esters is 1. The van der Waals surface area contributed by atoms with Gasteiger partial charge in [-0.25, -0.2) is 0 Å². The lowest BCUT2D eigenvalue weighted by molar-refractivity contribution is -0.143. The molecule has 6 heteroatoms. The van der Waals surface area contributed by atoms with Crippen molar-refractivity contribution in [2.24, 2.45) is 0 Å². The molecule has 2 unspecified atom stereocenters. The average Bonchev–Trinajstić information content (AvgIpc) is 3.32. The summed E-state index contributed by atoms with van der Waals surface area (Å²) in [4.78, 5) is 24.6. The maximum atomic E-state index is 12.5. The zero-order chi connectivity index (χ0) is 47.9. The summed E-state index contributed by atoms with van der Waals surface area (Å²) in [5, 5.41) is 23.3. The van der Waals surface area contributed by atoms with Crippen LogP contribution in [0.2, 0.25) is 0 Å². The van der Waals surface area contributed by atoms with Crippen LogP contribution < -0.4 is 5.32 Å². The van der Waals surface area contributed by atoms with Gasteiger partial charge in [0.25, 0.3) is 0 Å². The summed E-state index contributed by atoms with van der Waals surface area (Å²) in [5.41, 5.74) is 0. The molecule has 0 heterocycles. The Morgan fingerprint density at radius 1 is 0.424 bits per heavy atom. The fraction of sp³-hybridized carbons (Fsp3) is 0.900. The molecular weight excluding hydrogens is 815 g/mol. The van der Waals surface area contributed by atoms with Gasteiger partial charge in [-0.1, -0.05) is 276 Å². The predicted molar refractivity (Wildman–Crippen MR) is 287 cm³/mol. The smallest absolute Gasteiger partial charge is 0.305 e. The third-order valence-corrected chi connectivity index (χ3v) is 13.8. The zero-order valence-corrected chi connectivity index (χ0v) is 44.4. The molecule has 0 aliphatic heterocycles. The first-order valence-electron chi connectivity index (χ1n) is 29.6. The molecule has 0 rings (SSSR count). The molecule has 3 N–H and O–H groups in total. The molecule has 0 spiro atoms. The maximum Gasteiger partial charge on any atom is 0.305 e. The highest BCUT2D eigenvalue weighted by atomic mass is 16.5. The average molecular weight is 931 g/mol. The second-order valence-corrected chi connectivity index (χ2v) is 20.3. The number of allylic oxidation sites excluding steroid dienone is 4. The van der Waals surface area contributed by atoms with Crippen LogP contribution in [0.4, 0.5) is 0 Å². The van der Waals surface area contributed by atoms with Crippen molar-refractivity contribution in [3.05, 3.63) is 24.3 Å². The lowest BCUT2D eigenvalue weighted by Crippen LogP contribution is -2.45. The molecule has 0 aromatic heterocycles. The van der Waals surface area contributed by atoms with Gasteiger partial charge in [-0.15, -0.1) is 0 Å². The fourth-order valence-electron chi connectivity index (χ4n) is 9.20. The summed E-state index contributed by atoms with van der Waals surface area (Å²) in [6.45, 7) is 4.91. The number of carbonyl (C=O) groups excluding carboxylic acids is 2. The van der Waals surface area contributed by atoms with Crippen molar-refractivity contribution in [3.8, 4) is 0 Å². The topological polar surface area (TPSA) is 95.9 Å². The number of nitrogens with one attached hydrogen (secondary N) is 1. The first kappa shape index (κ1) is 64.3. The van der Waals surface area contributed by atoms with Crippen LogP contribution in [0.15, 0.2) is 24.3 Å². The quantitative estimate of drug-likeness (QED) is 0.0321. The standard InChI is InChI=1S/C60H115NO5/c1-3-5-7-9-11-13-15-17-19-21-23-25-27-29-32-36-40-44-48-52-58(63)57(56-62)61-59(64)53-49-45-41-37-33-31-35-39-43-47-51-55-66-60(65)54-50-46-42-38-34-30-28-26-24-22-20-18-16-14-12-10-8-6-4-2/h12,14,18,20,57-58,62-63H,3-11,13,15-17,19,21-56H2,1-2H3,(H,61,64)/b14-12-,20-18-. The Morgan fingerprint density at radius 3 is 1.18 bits per heavy atom. The normalized spacial score (nSPS) is 12.7. The van der Waals surface area contributed by atoms with E-state index in [2.05, 4.69) is 43.5 Å². The summed E-state index contributed by atoms with van der Waals surface area (Å²) < 4.78 is 5.48. The summed E-state index contributed by atoms with van der Waals surface area (Å²) in [5.74, 6) is -0.0679. The highest BCUT2D eigenvalue weighted by Gasteiger charge is 2.20. The number of hydrogen-bond donors (Lipinski definition) is 3. The van der Waals surface area contributed by atoms with Gasteiger partial charge in [0, 0.05) is 12.8 Å². The first-order chi connectivity index (χ1) is 32.5. The van der Waals surface area contributed by atoms with Gasteiger partial charge < -0.3 is 20.3 Å². The summed E-state index contributed by atoms with van der Waals surface area (Å²) in [7, 11) is 0. The van der Waals surface area contributed by atoms with Crippen molar-refractivity contribution in [1.29, 1.82) is 0 Å². The minimum Gasteiger partial charge on any atom is -0.466 e. The minimum atomic E-state index is -0.677. The predicted octanol–water partition coefficient (Wildman–Crippen LogP) is 18.2. The van der Waals surface area contributed by atoms with Gasteiger partial charge in [0.2, 0.25) is 5.91 Å². The summed E-state index contributed by atoms with van der Waals surface area (Å²) in [6.07, 6.45) is 67.3. The van der Waals surface area contributed by atoms with Crippen molar-refractivity contribution in [3.63, 3.8) is 0 Å². The molecule has 0 fully saturated rings. The highest BCUT2D eigenvalue weighted by molar-refractivity contribution is 5.76. The van der Waals surface area contributed by atoms with Gasteiger partial charge in [0.05, 0.1) is 25.4 Å². The summed E-state index contributed by atoms with van der Waals surface area (Å²) >= 11 is 0. The largest absolute Gasteiger partial charge is 0.466 e. The number of rotatable bonds is 55. The van der Waals surface area contributed by atoms with Crippen molar-refractivity contribution >= 4 is 11.9 Å². The molecule has 0 aromatic rings. The van der Waals surface area contributed by atoms with Crippen LogP contribution in [-0.4, -0.2) is 47.4 Å². The van der Waals surface area contributed by atoms with Crippen LogP contribution in [0.3, 0.4) is 0 Å². The fourth-order valence-corrected chi connectivity index (χ4v) is 9.20. The molecule has 66 heavy (non-hydrogen) atoms. The second-order valence-electron chi connectivity index (χ2n) is 20.3. The van der Waals surface area contributed by atoms with Crippen LogP contribution in [0.1, 0.15) is 322 Å². The van der Waals surface area contributed by atoms with Crippen molar-refractivity contribution in [2.45, 2.75) is 334 Å². The number of hydrogen-bond acceptors (Lipinski definition) is 5. The van der Waals surface area contributed by atoms with Gasteiger partial charge in [-0.3, -0.25) is 9.59 Å². The Balaban J connectivity index is 3.45. The van der Waals surface area contributed by atoms with Crippen LogP contribution >= 0.6 is 0 Å². The molecule has 1 amide bonds. The van der Waals surface area contributed by atoms with Crippen LogP contribution in [-0.2, 0) is 14.3 Å². The van der Waals surface area contributed by atoms with Gasteiger partial charge in [-0.05, 0) is 57.8 Å². The molecule has 0 aliphatic carbocycles. The SMILES string of the molecule is CCCCC/C=C\C/C=C\CCCCCCCCCCCC(=O)OCCCCCCCCCCCCCC(=O)NC(CO)C(O)CCCCCCCCCCCCCCCCCCCCC. The lowest BCUT2D eigenvalue weighted by Gasteiger charge is -2.22. The van der Waals surface area contributed by atoms with E-state index in [0.29, 0.717) is 25.9 Å². The van der Waals surface area contributed by atoms with E-state index in [1.54, 1.807) is 0 Å². The molecule has 390 valence electrons. The van der Waals surface area contributed by atoms with E-state index in [-0.39, 0.29) is 18.5 Å². The van der Waals surface area contributed by atoms with Crippen LogP contribution in [0, 0.1) is 0 Å². The van der Waals surface area contributed by atoms with E-state index in [0.717, 1.165) is 64.2 Å². The van der Waals surface area contributed by atoms with E-state index in [4.69, 9.17) is 4.74 Å². The van der Waals surface area contributed by atoms with Gasteiger partial charge in [-0.2, -0.15) is 0 Å². The highest BCUT2D eigenvalue weighted by Crippen LogP contribution is 2.17. The number of unbranched alkanes of at least 4 members (excludes halogenated alkanes) is 40. The number of aliphatic hydroxyl groups is 2. The van der Waals surface area contributed by atoms with E-state index in [1.807, 2.05) is 0 Å². The lowest BCUT2D eigenvalue weighted by atomic mass is 10.0. The van der Waals surface area contributed by atoms with Gasteiger partial charge >= 0.3 is 5.97 Å². The third kappa shape index (κ3) is 51.7. The number of amides is 1. The molecule has 0 aliphatic rings. The third-order valence-electron chi connectivity index (χ3n) is 13.8. The molecule has 0 saturated carbocycles. The van der Waals surface area contributed by atoms with Crippen molar-refractivity contribution in [1.82, 2.24) is 5.32 Å². The second kappa shape index (κ2) is 55.9. The Hall–Kier alpha value is -1.66. The Bertz CT molecular complexity index is 1030. The van der Waals surface area contributed by atoms with Crippen LogP contribution in [0.5, 0.6) is 0 Å². The van der Waals surface area contributed by atoms with E-state index < -0.39 is 12.1 Å².